The fraction of sp³-hybridized carbons (Fsp3) is 0.222. The third kappa shape index (κ3) is 3.84. The Kier molecular flexibility index (Phi) is 5.78. The molecule has 0 heterocycles. The second-order valence-corrected chi connectivity index (χ2v) is 4.91. The summed E-state index contributed by atoms with van der Waals surface area (Å²) in [6.07, 6.45) is 0. The summed E-state index contributed by atoms with van der Waals surface area (Å²) in [5.41, 5.74) is 0.982. The Labute approximate surface area is 140 Å². The number of benzene rings is 2. The van der Waals surface area contributed by atoms with Crippen molar-refractivity contribution in [3.05, 3.63) is 59.7 Å². The van der Waals surface area contributed by atoms with Crippen LogP contribution < -0.4 is 14.8 Å². The number of nitrogens with one attached hydrogen (secondary N) is 1. The zero-order valence-electron chi connectivity index (χ0n) is 13.7. The van der Waals surface area contributed by atoms with Crippen LogP contribution in [0.1, 0.15) is 22.0 Å². The fourth-order valence-corrected chi connectivity index (χ4v) is 2.23. The van der Waals surface area contributed by atoms with E-state index in [0.717, 1.165) is 0 Å². The average Bonchev–Trinajstić information content (AvgIpc) is 2.65. The van der Waals surface area contributed by atoms with Crippen molar-refractivity contribution in [2.75, 3.05) is 21.3 Å². The number of hydrogen-bond donors (Lipinski definition) is 1. The third-order valence-corrected chi connectivity index (χ3v) is 3.49. The molecular weight excluding hydrogens is 310 g/mol. The van der Waals surface area contributed by atoms with Crippen LogP contribution in [0, 0.1) is 0 Å². The molecule has 126 valence electrons. The lowest BCUT2D eigenvalue weighted by Gasteiger charge is -2.17. The van der Waals surface area contributed by atoms with E-state index in [1.165, 1.54) is 21.3 Å². The van der Waals surface area contributed by atoms with E-state index in [-0.39, 0.29) is 0 Å². The maximum atomic E-state index is 12.5. The molecular formula is C18H19NO5. The molecule has 2 aromatic rings. The van der Waals surface area contributed by atoms with Gasteiger partial charge in [-0.05, 0) is 23.8 Å². The molecule has 0 aromatic heterocycles. The van der Waals surface area contributed by atoms with Crippen molar-refractivity contribution in [1.29, 1.82) is 0 Å². The van der Waals surface area contributed by atoms with Gasteiger partial charge in [-0.2, -0.15) is 0 Å². The summed E-state index contributed by atoms with van der Waals surface area (Å²) in [5.74, 6) is -0.0219. The Balaban J connectivity index is 2.26. The minimum atomic E-state index is -0.892. The maximum Gasteiger partial charge on any atom is 0.333 e. The third-order valence-electron chi connectivity index (χ3n) is 3.49. The minimum absolute atomic E-state index is 0.345. The number of amides is 1. The van der Waals surface area contributed by atoms with Gasteiger partial charge in [0.2, 0.25) is 0 Å². The van der Waals surface area contributed by atoms with Crippen LogP contribution in [0.3, 0.4) is 0 Å². The van der Waals surface area contributed by atoms with Crippen molar-refractivity contribution in [2.24, 2.45) is 0 Å². The second-order valence-electron chi connectivity index (χ2n) is 4.91. The van der Waals surface area contributed by atoms with Gasteiger partial charge in [-0.3, -0.25) is 4.79 Å². The summed E-state index contributed by atoms with van der Waals surface area (Å²) in [5, 5.41) is 2.68. The molecule has 2 rings (SSSR count). The molecule has 1 N–H and O–H groups in total. The molecule has 0 bridgehead atoms. The molecule has 0 aliphatic carbocycles. The number of carbonyl (C=O) groups excluding carboxylic acids is 2. The van der Waals surface area contributed by atoms with Gasteiger partial charge in [-0.25, -0.2) is 4.79 Å². The summed E-state index contributed by atoms with van der Waals surface area (Å²) in [6.45, 7) is 0. The summed E-state index contributed by atoms with van der Waals surface area (Å²) in [4.78, 5) is 24.5. The topological polar surface area (TPSA) is 73.9 Å². The molecule has 0 fully saturated rings. The molecule has 1 unspecified atom stereocenters. The van der Waals surface area contributed by atoms with E-state index in [2.05, 4.69) is 5.32 Å². The van der Waals surface area contributed by atoms with Gasteiger partial charge < -0.3 is 19.5 Å². The number of carbonyl (C=O) groups is 2. The fourth-order valence-electron chi connectivity index (χ4n) is 2.23. The van der Waals surface area contributed by atoms with Gasteiger partial charge in [0.05, 0.1) is 21.3 Å². The molecule has 0 spiro atoms. The Morgan fingerprint density at radius 3 is 2.17 bits per heavy atom. The molecule has 1 amide bonds. The standard InChI is InChI=1S/C18H19NO5/c1-22-14-10-9-13(11-15(14)23-2)17(20)19-16(18(21)24-3)12-7-5-4-6-8-12/h4-11,16H,1-3H3,(H,19,20). The normalized spacial score (nSPS) is 11.3. The van der Waals surface area contributed by atoms with Gasteiger partial charge in [0.15, 0.2) is 17.5 Å². The van der Waals surface area contributed by atoms with Gasteiger partial charge >= 0.3 is 5.97 Å². The van der Waals surface area contributed by atoms with Crippen molar-refractivity contribution in [3.8, 4) is 11.5 Å². The highest BCUT2D eigenvalue weighted by molar-refractivity contribution is 5.97. The van der Waals surface area contributed by atoms with Crippen LogP contribution in [0.25, 0.3) is 0 Å². The molecule has 0 saturated carbocycles. The van der Waals surface area contributed by atoms with Crippen LogP contribution in [0.5, 0.6) is 11.5 Å². The summed E-state index contributed by atoms with van der Waals surface area (Å²) in [7, 11) is 4.28. The molecule has 0 aliphatic rings. The highest BCUT2D eigenvalue weighted by Crippen LogP contribution is 2.27. The molecule has 0 radical (unpaired) electrons. The van der Waals surface area contributed by atoms with Gasteiger partial charge in [-0.15, -0.1) is 0 Å². The molecule has 1 atom stereocenters. The maximum absolute atomic E-state index is 12.5. The first kappa shape index (κ1) is 17.3. The second kappa shape index (κ2) is 8.01. The van der Waals surface area contributed by atoms with Crippen LogP contribution >= 0.6 is 0 Å². The molecule has 0 saturated heterocycles. The Morgan fingerprint density at radius 1 is 0.917 bits per heavy atom. The van der Waals surface area contributed by atoms with E-state index in [1.807, 2.05) is 6.07 Å². The predicted octanol–water partition coefficient (Wildman–Crippen LogP) is 2.35. The average molecular weight is 329 g/mol. The number of ether oxygens (including phenoxy) is 3. The molecule has 0 aliphatic heterocycles. The van der Waals surface area contributed by atoms with Crippen molar-refractivity contribution < 1.29 is 23.8 Å². The predicted molar refractivity (Wildman–Crippen MR) is 88.2 cm³/mol. The lowest BCUT2D eigenvalue weighted by Crippen LogP contribution is -2.34. The first-order valence-corrected chi connectivity index (χ1v) is 7.26. The quantitative estimate of drug-likeness (QED) is 0.824. The van der Waals surface area contributed by atoms with E-state index < -0.39 is 17.9 Å². The molecule has 6 heteroatoms. The summed E-state index contributed by atoms with van der Waals surface area (Å²) in [6, 6.07) is 12.8. The Bertz CT molecular complexity index is 715. The van der Waals surface area contributed by atoms with Crippen molar-refractivity contribution in [3.63, 3.8) is 0 Å². The Morgan fingerprint density at radius 2 is 1.58 bits per heavy atom. The van der Waals surface area contributed by atoms with Gasteiger partial charge in [0.25, 0.3) is 5.91 Å². The van der Waals surface area contributed by atoms with E-state index in [4.69, 9.17) is 14.2 Å². The first-order valence-electron chi connectivity index (χ1n) is 7.26. The summed E-state index contributed by atoms with van der Waals surface area (Å²) >= 11 is 0. The van der Waals surface area contributed by atoms with E-state index in [9.17, 15) is 9.59 Å². The van der Waals surface area contributed by atoms with Crippen molar-refractivity contribution in [2.45, 2.75) is 6.04 Å². The number of esters is 1. The van der Waals surface area contributed by atoms with Crippen LogP contribution in [-0.4, -0.2) is 33.2 Å². The summed E-state index contributed by atoms with van der Waals surface area (Å²) < 4.78 is 15.1. The van der Waals surface area contributed by atoms with Crippen molar-refractivity contribution in [1.82, 2.24) is 5.32 Å². The van der Waals surface area contributed by atoms with Crippen LogP contribution in [0.2, 0.25) is 0 Å². The van der Waals surface area contributed by atoms with Crippen LogP contribution in [0.15, 0.2) is 48.5 Å². The number of hydrogen-bond acceptors (Lipinski definition) is 5. The molecule has 2 aromatic carbocycles. The zero-order valence-corrected chi connectivity index (χ0v) is 13.7. The number of rotatable bonds is 6. The highest BCUT2D eigenvalue weighted by Gasteiger charge is 2.24. The van der Waals surface area contributed by atoms with Crippen LogP contribution in [-0.2, 0) is 9.53 Å². The molecule has 24 heavy (non-hydrogen) atoms. The monoisotopic (exact) mass is 329 g/mol. The first-order chi connectivity index (χ1) is 11.6. The van der Waals surface area contributed by atoms with E-state index >= 15 is 0 Å². The van der Waals surface area contributed by atoms with E-state index in [1.54, 1.807) is 42.5 Å². The van der Waals surface area contributed by atoms with Gasteiger partial charge in [0.1, 0.15) is 0 Å². The van der Waals surface area contributed by atoms with Crippen molar-refractivity contribution >= 4 is 11.9 Å². The van der Waals surface area contributed by atoms with E-state index in [0.29, 0.717) is 22.6 Å². The highest BCUT2D eigenvalue weighted by atomic mass is 16.5. The minimum Gasteiger partial charge on any atom is -0.493 e. The van der Waals surface area contributed by atoms with Gasteiger partial charge in [0, 0.05) is 5.56 Å². The number of methoxy groups -OCH3 is 3. The SMILES string of the molecule is COC(=O)C(NC(=O)c1ccc(OC)c(OC)c1)c1ccccc1. The molecule has 6 nitrogen and oxygen atoms in total. The zero-order chi connectivity index (χ0) is 17.5. The Hall–Kier alpha value is -3.02. The van der Waals surface area contributed by atoms with Gasteiger partial charge in [-0.1, -0.05) is 30.3 Å². The largest absolute Gasteiger partial charge is 0.493 e. The smallest absolute Gasteiger partial charge is 0.333 e. The van der Waals surface area contributed by atoms with Crippen LogP contribution in [0.4, 0.5) is 0 Å². The lowest BCUT2D eigenvalue weighted by atomic mass is 10.1. The lowest BCUT2D eigenvalue weighted by molar-refractivity contribution is -0.143.